The third kappa shape index (κ3) is 3.99. The predicted octanol–water partition coefficient (Wildman–Crippen LogP) is -0.358. The van der Waals surface area contributed by atoms with Crippen molar-refractivity contribution in [3.05, 3.63) is 28.4 Å². The first kappa shape index (κ1) is 11.8. The maximum absolute atomic E-state index is 11.5. The molecule has 0 aromatic carbocycles. The molecule has 1 aliphatic rings. The second-order valence-electron chi connectivity index (χ2n) is 4.13. The number of aromatic nitrogens is 2. The van der Waals surface area contributed by atoms with Gasteiger partial charge in [-0.1, -0.05) is 0 Å². The highest BCUT2D eigenvalue weighted by Crippen LogP contribution is 2.18. The number of hydrogen-bond donors (Lipinski definition) is 3. The molecule has 6 heteroatoms. The van der Waals surface area contributed by atoms with E-state index in [1.54, 1.807) is 0 Å². The fourth-order valence-electron chi connectivity index (χ4n) is 1.44. The minimum Gasteiger partial charge on any atom is -0.351 e. The molecular weight excluding hydrogens is 220 g/mol. The van der Waals surface area contributed by atoms with Crippen molar-refractivity contribution in [1.82, 2.24) is 20.6 Å². The fourth-order valence-corrected chi connectivity index (χ4v) is 1.44. The number of rotatable bonds is 6. The summed E-state index contributed by atoms with van der Waals surface area (Å²) < 4.78 is 0. The smallest absolute Gasteiger partial charge is 0.271 e. The van der Waals surface area contributed by atoms with E-state index < -0.39 is 0 Å². The lowest BCUT2D eigenvalue weighted by atomic mass is 10.3. The first-order valence-electron chi connectivity index (χ1n) is 5.82. The molecule has 1 aromatic rings. The van der Waals surface area contributed by atoms with Gasteiger partial charge in [-0.3, -0.25) is 9.59 Å². The van der Waals surface area contributed by atoms with Crippen LogP contribution in [0.3, 0.4) is 0 Å². The second-order valence-corrected chi connectivity index (χ2v) is 4.13. The number of H-pyrrole nitrogens is 1. The van der Waals surface area contributed by atoms with Gasteiger partial charge in [-0.2, -0.15) is 0 Å². The second kappa shape index (κ2) is 5.58. The lowest BCUT2D eigenvalue weighted by Crippen LogP contribution is -2.29. The Labute approximate surface area is 98.8 Å². The molecule has 0 unspecified atom stereocenters. The highest BCUT2D eigenvalue weighted by atomic mass is 16.2. The Morgan fingerprint density at radius 2 is 2.29 bits per heavy atom. The number of aromatic amines is 1. The van der Waals surface area contributed by atoms with Gasteiger partial charge in [-0.15, -0.1) is 0 Å². The summed E-state index contributed by atoms with van der Waals surface area (Å²) in [4.78, 5) is 28.5. The van der Waals surface area contributed by atoms with Crippen molar-refractivity contribution >= 4 is 5.91 Å². The molecule has 1 aromatic heterocycles. The Bertz CT molecular complexity index is 419. The zero-order chi connectivity index (χ0) is 12.1. The van der Waals surface area contributed by atoms with Crippen LogP contribution in [0, 0.1) is 0 Å². The summed E-state index contributed by atoms with van der Waals surface area (Å²) in [7, 11) is 0. The first-order chi connectivity index (χ1) is 8.25. The van der Waals surface area contributed by atoms with Crippen LogP contribution in [0.1, 0.15) is 29.8 Å². The monoisotopic (exact) mass is 236 g/mol. The topological polar surface area (TPSA) is 86.9 Å². The van der Waals surface area contributed by atoms with E-state index in [1.165, 1.54) is 19.0 Å². The third-order valence-corrected chi connectivity index (χ3v) is 2.55. The molecule has 0 saturated heterocycles. The van der Waals surface area contributed by atoms with Crippen molar-refractivity contribution in [1.29, 1.82) is 0 Å². The molecule has 6 nitrogen and oxygen atoms in total. The fraction of sp³-hybridized carbons (Fsp3) is 0.545. The van der Waals surface area contributed by atoms with Gasteiger partial charge in [0.25, 0.3) is 11.5 Å². The lowest BCUT2D eigenvalue weighted by molar-refractivity contribution is 0.0948. The average molecular weight is 236 g/mol. The summed E-state index contributed by atoms with van der Waals surface area (Å²) in [5.41, 5.74) is -0.0741. The molecule has 1 amide bonds. The van der Waals surface area contributed by atoms with Crippen LogP contribution in [0.2, 0.25) is 0 Å². The van der Waals surface area contributed by atoms with E-state index in [9.17, 15) is 9.59 Å². The zero-order valence-corrected chi connectivity index (χ0v) is 9.53. The van der Waals surface area contributed by atoms with E-state index >= 15 is 0 Å². The van der Waals surface area contributed by atoms with Crippen LogP contribution in [-0.4, -0.2) is 35.0 Å². The van der Waals surface area contributed by atoms with Crippen LogP contribution in [0.15, 0.2) is 17.2 Å². The van der Waals surface area contributed by atoms with E-state index in [-0.39, 0.29) is 17.2 Å². The largest absolute Gasteiger partial charge is 0.351 e. The number of amides is 1. The quantitative estimate of drug-likeness (QED) is 0.589. The molecule has 17 heavy (non-hydrogen) atoms. The van der Waals surface area contributed by atoms with Crippen LogP contribution in [0.4, 0.5) is 0 Å². The summed E-state index contributed by atoms with van der Waals surface area (Å²) in [6.45, 7) is 1.53. The maximum atomic E-state index is 11.5. The standard InChI is InChI=1S/C11H16N4O2/c16-10-7-14-9(6-15-10)11(17)13-5-1-4-12-8-2-3-8/h6-8,12H,1-5H2,(H,13,17)(H,15,16). The Hall–Kier alpha value is -1.69. The van der Waals surface area contributed by atoms with Gasteiger partial charge in [0.1, 0.15) is 5.69 Å². The summed E-state index contributed by atoms with van der Waals surface area (Å²) in [6.07, 6.45) is 5.86. The van der Waals surface area contributed by atoms with Crippen LogP contribution in [0.25, 0.3) is 0 Å². The van der Waals surface area contributed by atoms with Crippen molar-refractivity contribution < 1.29 is 4.79 Å². The average Bonchev–Trinajstić information content (AvgIpc) is 3.13. The van der Waals surface area contributed by atoms with E-state index in [0.717, 1.165) is 19.2 Å². The minimum absolute atomic E-state index is 0.236. The Balaban J connectivity index is 1.65. The normalized spacial score (nSPS) is 14.6. The van der Waals surface area contributed by atoms with E-state index in [4.69, 9.17) is 0 Å². The SMILES string of the molecule is O=C(NCCCNC1CC1)c1c[nH]c(=O)cn1. The van der Waals surface area contributed by atoms with Gasteiger partial charge in [0.05, 0.1) is 6.20 Å². The van der Waals surface area contributed by atoms with Crippen molar-refractivity contribution in [2.45, 2.75) is 25.3 Å². The van der Waals surface area contributed by atoms with Crippen molar-refractivity contribution in [2.24, 2.45) is 0 Å². The molecule has 1 fully saturated rings. The summed E-state index contributed by atoms with van der Waals surface area (Å²) in [6, 6.07) is 0.701. The van der Waals surface area contributed by atoms with Gasteiger partial charge < -0.3 is 15.6 Å². The van der Waals surface area contributed by atoms with E-state index in [1.807, 2.05) is 0 Å². The Morgan fingerprint density at radius 3 is 2.94 bits per heavy atom. The molecule has 3 N–H and O–H groups in total. The molecule has 0 atom stereocenters. The molecule has 0 bridgehead atoms. The molecule has 0 spiro atoms. The van der Waals surface area contributed by atoms with Crippen LogP contribution >= 0.6 is 0 Å². The zero-order valence-electron chi connectivity index (χ0n) is 9.53. The number of nitrogens with zero attached hydrogens (tertiary/aromatic N) is 1. The molecule has 1 heterocycles. The molecule has 1 aliphatic carbocycles. The predicted molar refractivity (Wildman–Crippen MR) is 62.8 cm³/mol. The lowest BCUT2D eigenvalue weighted by Gasteiger charge is -2.04. The van der Waals surface area contributed by atoms with Crippen LogP contribution in [-0.2, 0) is 0 Å². The summed E-state index contributed by atoms with van der Waals surface area (Å²) in [5, 5.41) is 6.11. The highest BCUT2D eigenvalue weighted by molar-refractivity contribution is 5.91. The molecular formula is C11H16N4O2. The molecule has 1 saturated carbocycles. The first-order valence-corrected chi connectivity index (χ1v) is 5.82. The molecule has 2 rings (SSSR count). The number of hydrogen-bond acceptors (Lipinski definition) is 4. The Morgan fingerprint density at radius 1 is 1.47 bits per heavy atom. The number of nitrogens with one attached hydrogen (secondary N) is 3. The highest BCUT2D eigenvalue weighted by Gasteiger charge is 2.19. The summed E-state index contributed by atoms with van der Waals surface area (Å²) in [5.74, 6) is -0.257. The van der Waals surface area contributed by atoms with Gasteiger partial charge in [0.15, 0.2) is 0 Å². The van der Waals surface area contributed by atoms with Crippen molar-refractivity contribution in [3.63, 3.8) is 0 Å². The third-order valence-electron chi connectivity index (χ3n) is 2.55. The number of carbonyl (C=O) groups is 1. The van der Waals surface area contributed by atoms with E-state index in [2.05, 4.69) is 20.6 Å². The molecule has 0 aliphatic heterocycles. The van der Waals surface area contributed by atoms with Crippen molar-refractivity contribution in [3.8, 4) is 0 Å². The van der Waals surface area contributed by atoms with Crippen molar-refractivity contribution in [2.75, 3.05) is 13.1 Å². The van der Waals surface area contributed by atoms with Gasteiger partial charge in [-0.25, -0.2) is 4.98 Å². The summed E-state index contributed by atoms with van der Waals surface area (Å²) >= 11 is 0. The van der Waals surface area contributed by atoms with Crippen LogP contribution in [0.5, 0.6) is 0 Å². The van der Waals surface area contributed by atoms with Gasteiger partial charge in [0.2, 0.25) is 0 Å². The van der Waals surface area contributed by atoms with Gasteiger partial charge in [0, 0.05) is 18.8 Å². The van der Waals surface area contributed by atoms with Crippen LogP contribution < -0.4 is 16.2 Å². The molecule has 92 valence electrons. The van der Waals surface area contributed by atoms with Gasteiger partial charge >= 0.3 is 0 Å². The Kier molecular flexibility index (Phi) is 3.87. The minimum atomic E-state index is -0.310. The van der Waals surface area contributed by atoms with Gasteiger partial charge in [-0.05, 0) is 25.8 Å². The maximum Gasteiger partial charge on any atom is 0.271 e. The number of carbonyl (C=O) groups excluding carboxylic acids is 1. The molecule has 0 radical (unpaired) electrons. The van der Waals surface area contributed by atoms with E-state index in [0.29, 0.717) is 12.6 Å².